The van der Waals surface area contributed by atoms with Crippen LogP contribution < -0.4 is 0 Å². The molecule has 0 aromatic heterocycles. The van der Waals surface area contributed by atoms with Crippen molar-refractivity contribution in [1.82, 2.24) is 4.90 Å². The summed E-state index contributed by atoms with van der Waals surface area (Å²) in [6.07, 6.45) is 5.40. The van der Waals surface area contributed by atoms with Gasteiger partial charge in [-0.05, 0) is 37.5 Å². The molecule has 1 fully saturated rings. The van der Waals surface area contributed by atoms with Crippen molar-refractivity contribution in [3.63, 3.8) is 0 Å². The summed E-state index contributed by atoms with van der Waals surface area (Å²) in [6.45, 7) is 13.5. The largest absolute Gasteiger partial charge is 0.299 e. The van der Waals surface area contributed by atoms with Crippen LogP contribution in [0.25, 0.3) is 0 Å². The Balaban J connectivity index is 2.66. The number of ketones is 1. The topological polar surface area (TPSA) is 20.3 Å². The molecule has 2 nitrogen and oxygen atoms in total. The standard InChI is InChI=1S/C17H33NO/c1-6-16(7-2)18(11-13(3)4)12-15-10-14(5)8-9-17(15)19/h13-16H,6-12H2,1-5H3. The zero-order valence-electron chi connectivity index (χ0n) is 13.6. The van der Waals surface area contributed by atoms with E-state index in [1.165, 1.54) is 12.8 Å². The predicted octanol–water partition coefficient (Wildman–Crippen LogP) is 4.14. The van der Waals surface area contributed by atoms with Crippen LogP contribution in [-0.4, -0.2) is 29.8 Å². The number of hydrogen-bond donors (Lipinski definition) is 0. The van der Waals surface area contributed by atoms with Crippen molar-refractivity contribution in [3.05, 3.63) is 0 Å². The number of Topliss-reactive ketones (excluding diaryl/α,β-unsaturated/α-hetero) is 1. The van der Waals surface area contributed by atoms with E-state index < -0.39 is 0 Å². The maximum atomic E-state index is 12.1. The fourth-order valence-corrected chi connectivity index (χ4v) is 3.43. The Morgan fingerprint density at radius 2 is 1.89 bits per heavy atom. The van der Waals surface area contributed by atoms with Crippen molar-refractivity contribution >= 4 is 5.78 Å². The molecule has 0 bridgehead atoms. The van der Waals surface area contributed by atoms with Gasteiger partial charge in [-0.1, -0.05) is 34.6 Å². The van der Waals surface area contributed by atoms with Crippen LogP contribution in [0.5, 0.6) is 0 Å². The lowest BCUT2D eigenvalue weighted by molar-refractivity contribution is -0.126. The van der Waals surface area contributed by atoms with Crippen molar-refractivity contribution < 1.29 is 4.79 Å². The molecule has 0 radical (unpaired) electrons. The second-order valence-electron chi connectivity index (χ2n) is 6.86. The summed E-state index contributed by atoms with van der Waals surface area (Å²) in [7, 11) is 0. The maximum absolute atomic E-state index is 12.1. The Kier molecular flexibility index (Phi) is 7.06. The van der Waals surface area contributed by atoms with E-state index in [2.05, 4.69) is 39.5 Å². The molecule has 2 atom stereocenters. The predicted molar refractivity (Wildman–Crippen MR) is 82.3 cm³/mol. The highest BCUT2D eigenvalue weighted by Crippen LogP contribution is 2.28. The zero-order valence-corrected chi connectivity index (χ0v) is 13.6. The van der Waals surface area contributed by atoms with E-state index in [9.17, 15) is 4.79 Å². The summed E-state index contributed by atoms with van der Waals surface area (Å²) in [5, 5.41) is 0. The van der Waals surface area contributed by atoms with Crippen LogP contribution in [0.4, 0.5) is 0 Å². The molecule has 0 N–H and O–H groups in total. The zero-order chi connectivity index (χ0) is 14.4. The number of carbonyl (C=O) groups excluding carboxylic acids is 1. The molecule has 19 heavy (non-hydrogen) atoms. The number of carbonyl (C=O) groups is 1. The summed E-state index contributed by atoms with van der Waals surface area (Å²) in [5.74, 6) is 2.21. The van der Waals surface area contributed by atoms with Gasteiger partial charge in [0.2, 0.25) is 0 Å². The number of hydrogen-bond acceptors (Lipinski definition) is 2. The van der Waals surface area contributed by atoms with Crippen LogP contribution in [0.3, 0.4) is 0 Å². The molecule has 0 spiro atoms. The van der Waals surface area contributed by atoms with Crippen molar-refractivity contribution in [1.29, 1.82) is 0 Å². The average Bonchev–Trinajstić information content (AvgIpc) is 2.34. The van der Waals surface area contributed by atoms with Gasteiger partial charge in [0.25, 0.3) is 0 Å². The Morgan fingerprint density at radius 1 is 1.26 bits per heavy atom. The fourth-order valence-electron chi connectivity index (χ4n) is 3.43. The van der Waals surface area contributed by atoms with E-state index in [1.54, 1.807) is 0 Å². The first-order valence-corrected chi connectivity index (χ1v) is 8.24. The van der Waals surface area contributed by atoms with Crippen LogP contribution in [0.1, 0.15) is 66.7 Å². The molecule has 1 aliphatic carbocycles. The van der Waals surface area contributed by atoms with Crippen LogP contribution >= 0.6 is 0 Å². The van der Waals surface area contributed by atoms with Gasteiger partial charge in [0, 0.05) is 31.5 Å². The van der Waals surface area contributed by atoms with E-state index in [4.69, 9.17) is 0 Å². The lowest BCUT2D eigenvalue weighted by atomic mass is 9.81. The van der Waals surface area contributed by atoms with Gasteiger partial charge in [0.1, 0.15) is 5.78 Å². The van der Waals surface area contributed by atoms with Crippen LogP contribution in [-0.2, 0) is 4.79 Å². The van der Waals surface area contributed by atoms with Gasteiger partial charge in [-0.3, -0.25) is 9.69 Å². The number of nitrogens with zero attached hydrogens (tertiary/aromatic N) is 1. The first-order chi connectivity index (χ1) is 8.97. The van der Waals surface area contributed by atoms with Crippen molar-refractivity contribution in [2.24, 2.45) is 17.8 Å². The third kappa shape index (κ3) is 5.25. The second-order valence-corrected chi connectivity index (χ2v) is 6.86. The molecule has 112 valence electrons. The van der Waals surface area contributed by atoms with E-state index >= 15 is 0 Å². The molecule has 0 amide bonds. The Labute approximate surface area is 119 Å². The first kappa shape index (κ1) is 16.7. The van der Waals surface area contributed by atoms with Gasteiger partial charge < -0.3 is 0 Å². The van der Waals surface area contributed by atoms with E-state index in [0.29, 0.717) is 23.7 Å². The highest BCUT2D eigenvalue weighted by atomic mass is 16.1. The highest BCUT2D eigenvalue weighted by Gasteiger charge is 2.29. The van der Waals surface area contributed by atoms with Gasteiger partial charge in [0.15, 0.2) is 0 Å². The van der Waals surface area contributed by atoms with Crippen LogP contribution in [0, 0.1) is 17.8 Å². The minimum Gasteiger partial charge on any atom is -0.299 e. The van der Waals surface area contributed by atoms with Gasteiger partial charge in [-0.25, -0.2) is 0 Å². The second kappa shape index (κ2) is 8.04. The van der Waals surface area contributed by atoms with Gasteiger partial charge >= 0.3 is 0 Å². The quantitative estimate of drug-likeness (QED) is 0.691. The molecule has 0 aliphatic heterocycles. The van der Waals surface area contributed by atoms with E-state index in [1.807, 2.05) is 0 Å². The van der Waals surface area contributed by atoms with Crippen LogP contribution in [0.15, 0.2) is 0 Å². The minimum atomic E-state index is 0.295. The molecule has 0 heterocycles. The van der Waals surface area contributed by atoms with Crippen molar-refractivity contribution in [2.75, 3.05) is 13.1 Å². The Morgan fingerprint density at radius 3 is 2.42 bits per heavy atom. The molecule has 1 saturated carbocycles. The summed E-state index contributed by atoms with van der Waals surface area (Å²) < 4.78 is 0. The lowest BCUT2D eigenvalue weighted by Gasteiger charge is -2.36. The van der Waals surface area contributed by atoms with Gasteiger partial charge in [-0.2, -0.15) is 0 Å². The van der Waals surface area contributed by atoms with Gasteiger partial charge in [0.05, 0.1) is 0 Å². The Bertz CT molecular complexity index is 270. The minimum absolute atomic E-state index is 0.295. The summed E-state index contributed by atoms with van der Waals surface area (Å²) in [5.41, 5.74) is 0. The molecular formula is C17H33NO. The SMILES string of the molecule is CCC(CC)N(CC(C)C)CC1CC(C)CCC1=O. The monoisotopic (exact) mass is 267 g/mol. The number of rotatable bonds is 7. The van der Waals surface area contributed by atoms with E-state index in [0.717, 1.165) is 38.3 Å². The van der Waals surface area contributed by atoms with Crippen LogP contribution in [0.2, 0.25) is 0 Å². The van der Waals surface area contributed by atoms with Crippen molar-refractivity contribution in [3.8, 4) is 0 Å². The third-order valence-electron chi connectivity index (χ3n) is 4.54. The molecule has 2 unspecified atom stereocenters. The average molecular weight is 267 g/mol. The van der Waals surface area contributed by atoms with E-state index in [-0.39, 0.29) is 0 Å². The van der Waals surface area contributed by atoms with Crippen molar-refractivity contribution in [2.45, 2.75) is 72.8 Å². The summed E-state index contributed by atoms with van der Waals surface area (Å²) >= 11 is 0. The molecule has 2 heteroatoms. The fraction of sp³-hybridized carbons (Fsp3) is 0.941. The molecule has 0 saturated heterocycles. The maximum Gasteiger partial charge on any atom is 0.137 e. The lowest BCUT2D eigenvalue weighted by Crippen LogP contribution is -2.43. The first-order valence-electron chi connectivity index (χ1n) is 8.24. The highest BCUT2D eigenvalue weighted by molar-refractivity contribution is 5.81. The summed E-state index contributed by atoms with van der Waals surface area (Å²) in [4.78, 5) is 14.7. The summed E-state index contributed by atoms with van der Waals surface area (Å²) in [6, 6.07) is 0.646. The van der Waals surface area contributed by atoms with Gasteiger partial charge in [-0.15, -0.1) is 0 Å². The molecule has 0 aromatic rings. The molecule has 1 rings (SSSR count). The third-order valence-corrected chi connectivity index (χ3v) is 4.54. The molecular weight excluding hydrogens is 234 g/mol. The normalized spacial score (nSPS) is 24.7. The molecule has 1 aliphatic rings. The molecule has 0 aromatic carbocycles. The smallest absolute Gasteiger partial charge is 0.137 e. The Hall–Kier alpha value is -0.370.